The van der Waals surface area contributed by atoms with E-state index in [-0.39, 0.29) is 68.5 Å². The van der Waals surface area contributed by atoms with Crippen LogP contribution in [0.4, 0.5) is 0 Å². The minimum atomic E-state index is -5.17. The predicted molar refractivity (Wildman–Crippen MR) is 22.5 cm³/mol. The van der Waals surface area contributed by atoms with Crippen molar-refractivity contribution in [1.29, 1.82) is 0 Å². The molecule has 0 aromatic heterocycles. The smallest absolute Gasteiger partial charge is 0.759 e. The Morgan fingerprint density at radius 2 is 1.17 bits per heavy atom. The van der Waals surface area contributed by atoms with Crippen molar-refractivity contribution in [2.75, 3.05) is 0 Å². The fourth-order valence-corrected chi connectivity index (χ4v) is 0. The van der Waals surface area contributed by atoms with Crippen LogP contribution in [0.5, 0.6) is 0 Å². The Morgan fingerprint density at radius 3 is 1.17 bits per heavy atom. The van der Waals surface area contributed by atoms with Gasteiger partial charge in [0.1, 0.15) is 0 Å². The Bertz CT molecular complexity index is 197. The van der Waals surface area contributed by atoms with Crippen LogP contribution in [-0.2, 0) is 32.0 Å². The van der Waals surface area contributed by atoms with Gasteiger partial charge < -0.3 is 23.8 Å². The standard InChI is InChI=1S/Fe.K.H3O4P.H2O4S/c;;2*1-5(2,3)4/h;;(H3,1,2,3,4);(H2,1,2,3,4)/q+2;+1;;/p-3. The summed E-state index contributed by atoms with van der Waals surface area (Å²) in [6.07, 6.45) is 0. The largest absolute Gasteiger partial charge is 2.00 e. The molecule has 0 fully saturated rings. The average Bonchev–Trinajstić information content (AvgIpc) is 1.12. The third kappa shape index (κ3) is 330. The SMILES string of the molecule is O=P([O-])(O)O.O=S(=O)([O-])[O-].[Fe+2].[K+]. The Morgan fingerprint density at radius 1 is 1.17 bits per heavy atom. The van der Waals surface area contributed by atoms with Crippen LogP contribution in [0.2, 0.25) is 0 Å². The van der Waals surface area contributed by atoms with Gasteiger partial charge in [-0.15, -0.1) is 0 Å². The maximum Gasteiger partial charge on any atom is 2.00 e. The number of hydrogen-bond acceptors (Lipinski definition) is 6. The van der Waals surface area contributed by atoms with E-state index >= 15 is 0 Å². The van der Waals surface area contributed by atoms with E-state index in [1.54, 1.807) is 0 Å². The van der Waals surface area contributed by atoms with E-state index in [2.05, 4.69) is 0 Å². The summed E-state index contributed by atoms with van der Waals surface area (Å²) in [5.41, 5.74) is 0. The van der Waals surface area contributed by atoms with E-state index in [1.165, 1.54) is 0 Å². The van der Waals surface area contributed by atoms with E-state index in [1.807, 2.05) is 0 Å². The van der Waals surface area contributed by atoms with Crippen LogP contribution in [0.15, 0.2) is 0 Å². The van der Waals surface area contributed by atoms with E-state index < -0.39 is 18.2 Å². The molecule has 8 nitrogen and oxygen atoms in total. The summed E-state index contributed by atoms with van der Waals surface area (Å²) >= 11 is 0. The second-order valence-corrected chi connectivity index (χ2v) is 2.70. The summed E-state index contributed by atoms with van der Waals surface area (Å²) in [5, 5.41) is 0. The third-order valence-corrected chi connectivity index (χ3v) is 0. The summed E-state index contributed by atoms with van der Waals surface area (Å²) in [5.74, 6) is 0. The van der Waals surface area contributed by atoms with Gasteiger partial charge in [-0.05, 0) is 0 Å². The molecule has 0 bridgehead atoms. The quantitative estimate of drug-likeness (QED) is 0.193. The fraction of sp³-hybridized carbons (Fsp3) is 0. The Kier molecular flexibility index (Phi) is 19.2. The van der Waals surface area contributed by atoms with Gasteiger partial charge in [-0.1, -0.05) is 0 Å². The zero-order valence-corrected chi connectivity index (χ0v) is 11.5. The molecule has 0 rings (SSSR count). The molecule has 12 heteroatoms. The van der Waals surface area contributed by atoms with Crippen molar-refractivity contribution in [3.8, 4) is 0 Å². The minimum absolute atomic E-state index is 0. The number of hydrogen-bond donors (Lipinski definition) is 2. The van der Waals surface area contributed by atoms with Gasteiger partial charge in [-0.25, -0.2) is 0 Å². The zero-order valence-electron chi connectivity index (χ0n) is 5.55. The monoisotopic (exact) mass is 288 g/mol. The summed E-state index contributed by atoms with van der Waals surface area (Å²) in [4.78, 5) is 22.9. The molecule has 0 radical (unpaired) electrons. The Labute approximate surface area is 121 Å². The molecule has 0 heterocycles. The molecular weight excluding hydrogens is 286 g/mol. The van der Waals surface area contributed by atoms with Crippen molar-refractivity contribution in [2.24, 2.45) is 0 Å². The number of phosphoric acid groups is 1. The predicted octanol–water partition coefficient (Wildman–Crippen LogP) is -5.90. The first-order valence-electron chi connectivity index (χ1n) is 1.43. The molecule has 70 valence electrons. The molecule has 0 aliphatic heterocycles. The van der Waals surface area contributed by atoms with Gasteiger partial charge in [0.15, 0.2) is 0 Å². The molecule has 0 unspecified atom stereocenters. The normalized spacial score (nSPS) is 9.75. The van der Waals surface area contributed by atoms with Crippen molar-refractivity contribution in [2.45, 2.75) is 0 Å². The zero-order chi connectivity index (χ0) is 9.00. The topological polar surface area (TPSA) is 161 Å². The van der Waals surface area contributed by atoms with E-state index in [4.69, 9.17) is 36.8 Å². The van der Waals surface area contributed by atoms with Crippen molar-refractivity contribution in [1.82, 2.24) is 0 Å². The Balaban J connectivity index is -0.0000000457. The first-order chi connectivity index (χ1) is 4.00. The van der Waals surface area contributed by atoms with Crippen LogP contribution in [0.25, 0.3) is 0 Å². The van der Waals surface area contributed by atoms with Crippen molar-refractivity contribution >= 4 is 18.2 Å². The number of rotatable bonds is 0. The molecule has 12 heavy (non-hydrogen) atoms. The summed E-state index contributed by atoms with van der Waals surface area (Å²) in [6.45, 7) is 0. The second-order valence-electron chi connectivity index (χ2n) is 0.899. The molecule has 0 saturated carbocycles. The average molecular weight is 288 g/mol. The van der Waals surface area contributed by atoms with Crippen molar-refractivity contribution in [3.63, 3.8) is 0 Å². The van der Waals surface area contributed by atoms with Gasteiger partial charge in [0.05, 0.1) is 0 Å². The summed E-state index contributed by atoms with van der Waals surface area (Å²) in [6, 6.07) is 0. The van der Waals surface area contributed by atoms with Gasteiger partial charge >= 0.3 is 68.5 Å². The third-order valence-electron chi connectivity index (χ3n) is 0. The fourth-order valence-electron chi connectivity index (χ4n) is 0. The van der Waals surface area contributed by atoms with Gasteiger partial charge in [0, 0.05) is 10.4 Å². The van der Waals surface area contributed by atoms with Crippen LogP contribution >= 0.6 is 7.82 Å². The van der Waals surface area contributed by atoms with Crippen LogP contribution in [0, 0.1) is 0 Å². The molecule has 0 aromatic rings. The molecule has 2 N–H and O–H groups in total. The maximum absolute atomic E-state index is 8.77. The molecule has 0 amide bonds. The van der Waals surface area contributed by atoms with Crippen molar-refractivity contribution in [3.05, 3.63) is 0 Å². The second kappa shape index (κ2) is 9.68. The molecule has 0 atom stereocenters. The van der Waals surface area contributed by atoms with Crippen LogP contribution < -0.4 is 56.3 Å². The van der Waals surface area contributed by atoms with E-state index in [9.17, 15) is 0 Å². The molecule has 0 aliphatic rings. The molecule has 0 saturated heterocycles. The van der Waals surface area contributed by atoms with E-state index in [0.717, 1.165) is 0 Å². The van der Waals surface area contributed by atoms with Crippen LogP contribution in [-0.4, -0.2) is 27.3 Å². The minimum Gasteiger partial charge on any atom is -0.759 e. The van der Waals surface area contributed by atoms with Gasteiger partial charge in [0.2, 0.25) is 0 Å². The van der Waals surface area contributed by atoms with Crippen molar-refractivity contribution < 1.29 is 105 Å². The molecule has 0 spiro atoms. The summed E-state index contributed by atoms with van der Waals surface area (Å²) < 4.78 is 42.9. The van der Waals surface area contributed by atoms with Gasteiger partial charge in [-0.3, -0.25) is 13.0 Å². The van der Waals surface area contributed by atoms with Gasteiger partial charge in [-0.2, -0.15) is 0 Å². The summed E-state index contributed by atoms with van der Waals surface area (Å²) in [7, 11) is -10.1. The van der Waals surface area contributed by atoms with E-state index in [0.29, 0.717) is 0 Å². The molecule has 0 aromatic carbocycles. The van der Waals surface area contributed by atoms with Gasteiger partial charge in [0.25, 0.3) is 7.82 Å². The molecule has 0 aliphatic carbocycles. The Hall–Kier alpha value is 2.14. The molecular formula is H2FeKO8PS. The van der Waals surface area contributed by atoms with Crippen LogP contribution in [0.3, 0.4) is 0 Å². The first-order valence-corrected chi connectivity index (χ1v) is 4.30. The van der Waals surface area contributed by atoms with Crippen LogP contribution in [0.1, 0.15) is 0 Å². The maximum atomic E-state index is 8.77. The first kappa shape index (κ1) is 23.7.